The fraction of sp³-hybridized carbons (Fsp3) is 0.400. The summed E-state index contributed by atoms with van der Waals surface area (Å²) in [5.41, 5.74) is 3.85. The fourth-order valence-electron chi connectivity index (χ4n) is 4.47. The summed E-state index contributed by atoms with van der Waals surface area (Å²) in [7, 11) is 4.06. The predicted octanol–water partition coefficient (Wildman–Crippen LogP) is 5.76. The second-order valence-electron chi connectivity index (χ2n) is 8.80. The van der Waals surface area contributed by atoms with E-state index in [2.05, 4.69) is 46.0 Å². The largest absolute Gasteiger partial charge is 0.365 e. The summed E-state index contributed by atoms with van der Waals surface area (Å²) in [6.07, 6.45) is 6.65. The molecule has 0 saturated carbocycles. The third kappa shape index (κ3) is 4.92. The van der Waals surface area contributed by atoms with Gasteiger partial charge < -0.3 is 4.90 Å². The van der Waals surface area contributed by atoms with E-state index < -0.39 is 0 Å². The minimum atomic E-state index is 0.118. The molecule has 0 aromatic heterocycles. The first-order valence-corrected chi connectivity index (χ1v) is 11.6. The van der Waals surface area contributed by atoms with Gasteiger partial charge in [-0.25, -0.2) is 0 Å². The predicted molar refractivity (Wildman–Crippen MR) is 133 cm³/mol. The van der Waals surface area contributed by atoms with Crippen molar-refractivity contribution < 1.29 is 0 Å². The van der Waals surface area contributed by atoms with Gasteiger partial charge in [-0.3, -0.25) is 9.91 Å². The first-order valence-electron chi connectivity index (χ1n) is 10.8. The highest BCUT2D eigenvalue weighted by Gasteiger charge is 2.45. The lowest BCUT2D eigenvalue weighted by Crippen LogP contribution is -2.44. The van der Waals surface area contributed by atoms with Crippen LogP contribution in [0, 0.1) is 0 Å². The summed E-state index contributed by atoms with van der Waals surface area (Å²) in [5, 5.41) is 8.66. The van der Waals surface area contributed by atoms with Crippen LogP contribution in [0.15, 0.2) is 53.6 Å². The highest BCUT2D eigenvalue weighted by Crippen LogP contribution is 2.48. The number of fused-ring (bicyclic) bond motifs is 2. The highest BCUT2D eigenvalue weighted by molar-refractivity contribution is 6.31. The van der Waals surface area contributed by atoms with Crippen molar-refractivity contribution in [2.75, 3.05) is 45.3 Å². The zero-order valence-corrected chi connectivity index (χ0v) is 20.0. The molecule has 0 amide bonds. The van der Waals surface area contributed by atoms with E-state index in [4.69, 9.17) is 28.3 Å². The quantitative estimate of drug-likeness (QED) is 0.431. The molecule has 2 heterocycles. The molecule has 164 valence electrons. The zero-order valence-electron chi connectivity index (χ0n) is 18.5. The molecular formula is C25H30Cl2N4. The highest BCUT2D eigenvalue weighted by atomic mass is 35.5. The third-order valence-electron chi connectivity index (χ3n) is 6.53. The molecule has 2 aliphatic heterocycles. The molecule has 0 unspecified atom stereocenters. The van der Waals surface area contributed by atoms with Crippen LogP contribution < -0.4 is 5.01 Å². The molecule has 1 spiro atoms. The number of nitrogens with zero attached hydrogens (tertiary/aromatic N) is 4. The average Bonchev–Trinajstić information content (AvgIpc) is 3.03. The first-order chi connectivity index (χ1) is 14.9. The lowest BCUT2D eigenvalue weighted by Gasteiger charge is -2.39. The van der Waals surface area contributed by atoms with Gasteiger partial charge in [0.15, 0.2) is 0 Å². The Labute approximate surface area is 195 Å². The van der Waals surface area contributed by atoms with Crippen molar-refractivity contribution in [2.45, 2.75) is 25.2 Å². The normalized spacial score (nSPS) is 18.7. The molecular weight excluding hydrogens is 427 g/mol. The number of piperidine rings is 1. The SMILES string of the molecule is C/C(=N/N1CC2(CCN(C/C=C/c3ccc(Cl)cc3)CC2)c2cc(Cl)ccc21)N(C)C. The molecule has 6 heteroatoms. The molecule has 2 aromatic rings. The Balaban J connectivity index is 1.45. The zero-order chi connectivity index (χ0) is 22.0. The summed E-state index contributed by atoms with van der Waals surface area (Å²) >= 11 is 12.4. The Morgan fingerprint density at radius 2 is 1.74 bits per heavy atom. The Morgan fingerprint density at radius 1 is 1.06 bits per heavy atom. The Morgan fingerprint density at radius 3 is 2.42 bits per heavy atom. The lowest BCUT2D eigenvalue weighted by molar-refractivity contribution is 0.180. The van der Waals surface area contributed by atoms with Crippen molar-refractivity contribution in [3.63, 3.8) is 0 Å². The minimum Gasteiger partial charge on any atom is -0.365 e. The van der Waals surface area contributed by atoms with Crippen LogP contribution in [0.5, 0.6) is 0 Å². The maximum atomic E-state index is 6.40. The van der Waals surface area contributed by atoms with Crippen LogP contribution in [0.3, 0.4) is 0 Å². The van der Waals surface area contributed by atoms with Crippen molar-refractivity contribution in [1.29, 1.82) is 0 Å². The second-order valence-corrected chi connectivity index (χ2v) is 9.67. The number of hydrogen-bond acceptors (Lipinski definition) is 3. The van der Waals surface area contributed by atoms with E-state index in [1.165, 1.54) is 16.8 Å². The maximum Gasteiger partial charge on any atom is 0.121 e. The molecule has 0 aliphatic carbocycles. The van der Waals surface area contributed by atoms with Crippen LogP contribution in [0.25, 0.3) is 6.08 Å². The number of anilines is 1. The van der Waals surface area contributed by atoms with Crippen LogP contribution in [0.4, 0.5) is 5.69 Å². The molecule has 1 saturated heterocycles. The smallest absolute Gasteiger partial charge is 0.121 e. The van der Waals surface area contributed by atoms with Gasteiger partial charge in [-0.2, -0.15) is 5.10 Å². The average molecular weight is 457 g/mol. The van der Waals surface area contributed by atoms with E-state index in [-0.39, 0.29) is 5.41 Å². The van der Waals surface area contributed by atoms with Gasteiger partial charge in [0.1, 0.15) is 5.84 Å². The van der Waals surface area contributed by atoms with Crippen molar-refractivity contribution in [1.82, 2.24) is 9.80 Å². The fourth-order valence-corrected chi connectivity index (χ4v) is 4.77. The van der Waals surface area contributed by atoms with E-state index in [0.29, 0.717) is 0 Å². The second kappa shape index (κ2) is 9.23. The summed E-state index contributed by atoms with van der Waals surface area (Å²) in [6, 6.07) is 14.2. The monoisotopic (exact) mass is 456 g/mol. The van der Waals surface area contributed by atoms with Gasteiger partial charge in [0.25, 0.3) is 0 Å². The number of rotatable bonds is 4. The van der Waals surface area contributed by atoms with Crippen molar-refractivity contribution in [2.24, 2.45) is 5.10 Å². The maximum absolute atomic E-state index is 6.40. The molecule has 4 rings (SSSR count). The van der Waals surface area contributed by atoms with E-state index in [0.717, 1.165) is 54.9 Å². The number of halogens is 2. The number of benzene rings is 2. The van der Waals surface area contributed by atoms with Crippen LogP contribution in [-0.4, -0.2) is 55.9 Å². The first kappa shape index (κ1) is 22.2. The molecule has 0 N–H and O–H groups in total. The van der Waals surface area contributed by atoms with E-state index in [1.54, 1.807) is 0 Å². The molecule has 4 nitrogen and oxygen atoms in total. The van der Waals surface area contributed by atoms with Crippen molar-refractivity contribution >= 4 is 40.8 Å². The molecule has 0 radical (unpaired) electrons. The molecule has 0 atom stereocenters. The molecule has 2 aliphatic rings. The standard InChI is InChI=1S/C25H30Cl2N4/c1-19(29(2)3)28-31-18-25(23-17-22(27)10-11-24(23)31)12-15-30(16-13-25)14-4-5-20-6-8-21(26)9-7-20/h4-11,17H,12-16,18H2,1-3H3/b5-4+,28-19-. The number of hydrazone groups is 1. The van der Waals surface area contributed by atoms with Gasteiger partial charge in [0, 0.05) is 36.1 Å². The molecule has 31 heavy (non-hydrogen) atoms. The Kier molecular flexibility index (Phi) is 6.61. The van der Waals surface area contributed by atoms with Gasteiger partial charge in [-0.15, -0.1) is 0 Å². The van der Waals surface area contributed by atoms with Crippen LogP contribution in [0.1, 0.15) is 30.9 Å². The summed E-state index contributed by atoms with van der Waals surface area (Å²) in [4.78, 5) is 4.58. The molecule has 0 bridgehead atoms. The number of likely N-dealkylation sites (tertiary alicyclic amines) is 1. The van der Waals surface area contributed by atoms with Crippen LogP contribution in [-0.2, 0) is 5.41 Å². The minimum absolute atomic E-state index is 0.118. The molecule has 1 fully saturated rings. The van der Waals surface area contributed by atoms with Gasteiger partial charge in [-0.1, -0.05) is 47.5 Å². The van der Waals surface area contributed by atoms with Crippen LogP contribution in [0.2, 0.25) is 10.0 Å². The van der Waals surface area contributed by atoms with Gasteiger partial charge in [-0.05, 0) is 74.3 Å². The number of amidine groups is 1. The van der Waals surface area contributed by atoms with Gasteiger partial charge in [0.05, 0.1) is 12.2 Å². The summed E-state index contributed by atoms with van der Waals surface area (Å²) in [6.45, 7) is 6.07. The topological polar surface area (TPSA) is 22.1 Å². The Bertz CT molecular complexity index is 974. The Hall–Kier alpha value is -2.01. The molecule has 2 aromatic carbocycles. The third-order valence-corrected chi connectivity index (χ3v) is 7.02. The lowest BCUT2D eigenvalue weighted by atomic mass is 9.74. The van der Waals surface area contributed by atoms with Gasteiger partial charge in [0.2, 0.25) is 0 Å². The van der Waals surface area contributed by atoms with E-state index >= 15 is 0 Å². The number of hydrogen-bond donors (Lipinski definition) is 0. The van der Waals surface area contributed by atoms with Gasteiger partial charge >= 0.3 is 0 Å². The van der Waals surface area contributed by atoms with Crippen LogP contribution >= 0.6 is 23.2 Å². The summed E-state index contributed by atoms with van der Waals surface area (Å²) in [5.74, 6) is 1.00. The van der Waals surface area contributed by atoms with E-state index in [9.17, 15) is 0 Å². The van der Waals surface area contributed by atoms with Crippen molar-refractivity contribution in [3.05, 3.63) is 69.7 Å². The van der Waals surface area contributed by atoms with E-state index in [1.807, 2.05) is 44.4 Å². The summed E-state index contributed by atoms with van der Waals surface area (Å²) < 4.78 is 0. The van der Waals surface area contributed by atoms with Crippen molar-refractivity contribution in [3.8, 4) is 0 Å².